The summed E-state index contributed by atoms with van der Waals surface area (Å²) < 4.78 is 10.6. The first-order chi connectivity index (χ1) is 13.6. The largest absolute Gasteiger partial charge is 0.389 e. The molecule has 3 rings (SSSR count). The van der Waals surface area contributed by atoms with Gasteiger partial charge < -0.3 is 19.5 Å². The number of carbonyl (C=O) groups excluding carboxylic acids is 1. The van der Waals surface area contributed by atoms with Crippen molar-refractivity contribution in [2.75, 3.05) is 26.9 Å². The molecular formula is C22H24N2O4. The Morgan fingerprint density at radius 2 is 2.11 bits per heavy atom. The van der Waals surface area contributed by atoms with Gasteiger partial charge in [-0.3, -0.25) is 4.79 Å². The molecule has 2 unspecified atom stereocenters. The molecule has 6 nitrogen and oxygen atoms in total. The normalized spacial score (nSPS) is 20.3. The molecule has 1 aromatic rings. The zero-order valence-corrected chi connectivity index (χ0v) is 16.1. The molecule has 0 saturated carbocycles. The molecule has 2 atom stereocenters. The van der Waals surface area contributed by atoms with Gasteiger partial charge in [-0.2, -0.15) is 5.26 Å². The van der Waals surface area contributed by atoms with Crippen LogP contribution < -0.4 is 0 Å². The molecule has 1 heterocycles. The average molecular weight is 380 g/mol. The maximum Gasteiger partial charge on any atom is 0.169 e. The van der Waals surface area contributed by atoms with Gasteiger partial charge in [-0.05, 0) is 29.7 Å². The Bertz CT molecular complexity index is 864. The van der Waals surface area contributed by atoms with Crippen molar-refractivity contribution in [2.24, 2.45) is 0 Å². The topological polar surface area (TPSA) is 82.8 Å². The summed E-state index contributed by atoms with van der Waals surface area (Å²) in [6.45, 7) is 2.76. The second-order valence-corrected chi connectivity index (χ2v) is 6.70. The molecule has 0 radical (unpaired) electrons. The molecular weight excluding hydrogens is 356 g/mol. The summed E-state index contributed by atoms with van der Waals surface area (Å²) in [7, 11) is 1.50. The van der Waals surface area contributed by atoms with Crippen LogP contribution in [0.1, 0.15) is 18.9 Å². The van der Waals surface area contributed by atoms with Gasteiger partial charge in [-0.25, -0.2) is 0 Å². The number of benzene rings is 1. The first kappa shape index (κ1) is 20.0. The molecule has 28 heavy (non-hydrogen) atoms. The number of rotatable bonds is 7. The third kappa shape index (κ3) is 4.07. The van der Waals surface area contributed by atoms with Crippen molar-refractivity contribution in [3.63, 3.8) is 0 Å². The summed E-state index contributed by atoms with van der Waals surface area (Å²) in [5, 5.41) is 20.2. The van der Waals surface area contributed by atoms with Crippen LogP contribution in [0.25, 0.3) is 5.57 Å². The van der Waals surface area contributed by atoms with Gasteiger partial charge in [-0.15, -0.1) is 0 Å². The maximum absolute atomic E-state index is 12.4. The minimum absolute atomic E-state index is 0.0277. The number of carbonyl (C=O) groups is 1. The lowest BCUT2D eigenvalue weighted by Gasteiger charge is -2.34. The second kappa shape index (κ2) is 8.98. The summed E-state index contributed by atoms with van der Waals surface area (Å²) in [4.78, 5) is 14.1. The first-order valence-electron chi connectivity index (χ1n) is 9.30. The molecule has 0 saturated heterocycles. The van der Waals surface area contributed by atoms with Crippen molar-refractivity contribution in [3.8, 4) is 6.07 Å². The van der Waals surface area contributed by atoms with E-state index in [0.717, 1.165) is 22.3 Å². The van der Waals surface area contributed by atoms with Gasteiger partial charge in [0.1, 0.15) is 17.9 Å². The molecule has 1 aromatic carbocycles. The zero-order chi connectivity index (χ0) is 20.1. The molecule has 1 aliphatic heterocycles. The molecule has 0 fully saturated rings. The molecule has 2 aliphatic rings. The fourth-order valence-corrected chi connectivity index (χ4v) is 3.51. The van der Waals surface area contributed by atoms with Gasteiger partial charge in [0.15, 0.2) is 5.78 Å². The Balaban J connectivity index is 2.08. The number of ether oxygens (including phenoxy) is 2. The Labute approximate surface area is 165 Å². The highest BCUT2D eigenvalue weighted by Crippen LogP contribution is 2.41. The van der Waals surface area contributed by atoms with Gasteiger partial charge in [0.2, 0.25) is 0 Å². The molecule has 6 heteroatoms. The van der Waals surface area contributed by atoms with E-state index < -0.39 is 12.2 Å². The number of ketones is 1. The highest BCUT2D eigenvalue weighted by Gasteiger charge is 2.33. The number of hydrogen-bond donors (Lipinski definition) is 1. The van der Waals surface area contributed by atoms with Crippen molar-refractivity contribution < 1.29 is 19.4 Å². The van der Waals surface area contributed by atoms with Crippen LogP contribution in [0, 0.1) is 11.3 Å². The van der Waals surface area contributed by atoms with Crippen LogP contribution in [-0.2, 0) is 14.3 Å². The third-order valence-corrected chi connectivity index (χ3v) is 4.80. The molecule has 1 N–H and O–H groups in total. The van der Waals surface area contributed by atoms with Gasteiger partial charge in [0.05, 0.1) is 19.3 Å². The summed E-state index contributed by atoms with van der Waals surface area (Å²) in [5.74, 6) is -0.0277. The quantitative estimate of drug-likeness (QED) is 0.782. The third-order valence-electron chi connectivity index (χ3n) is 4.80. The van der Waals surface area contributed by atoms with Crippen LogP contribution >= 0.6 is 0 Å². The fourth-order valence-electron chi connectivity index (χ4n) is 3.51. The fraction of sp³-hybridized carbons (Fsp3) is 0.364. The number of allylic oxidation sites excluding steroid dienone is 4. The smallest absolute Gasteiger partial charge is 0.169 e. The van der Waals surface area contributed by atoms with Crippen molar-refractivity contribution in [1.82, 2.24) is 4.90 Å². The van der Waals surface area contributed by atoms with E-state index in [1.807, 2.05) is 37.3 Å². The Hall–Kier alpha value is -2.72. The summed E-state index contributed by atoms with van der Waals surface area (Å²) in [6, 6.07) is 11.9. The highest BCUT2D eigenvalue weighted by molar-refractivity contribution is 5.98. The number of aliphatic hydroxyl groups excluding tert-OH is 1. The van der Waals surface area contributed by atoms with E-state index in [9.17, 15) is 15.2 Å². The summed E-state index contributed by atoms with van der Waals surface area (Å²) in [5.41, 5.74) is 3.72. The SMILES string of the molecule is CCOCC(O)CN1C=C2CC(=O)C(OC)C=C2C(c2ccccc2)=C1C#N. The predicted octanol–water partition coefficient (Wildman–Crippen LogP) is 2.43. The maximum atomic E-state index is 12.4. The van der Waals surface area contributed by atoms with E-state index in [-0.39, 0.29) is 25.4 Å². The molecule has 0 spiro atoms. The average Bonchev–Trinajstić information content (AvgIpc) is 2.71. The molecule has 0 aromatic heterocycles. The predicted molar refractivity (Wildman–Crippen MR) is 105 cm³/mol. The Kier molecular flexibility index (Phi) is 6.42. The number of nitrogens with zero attached hydrogens (tertiary/aromatic N) is 2. The van der Waals surface area contributed by atoms with E-state index in [2.05, 4.69) is 6.07 Å². The number of fused-ring (bicyclic) bond motifs is 1. The molecule has 0 amide bonds. The van der Waals surface area contributed by atoms with Crippen LogP contribution in [0.2, 0.25) is 0 Å². The lowest BCUT2D eigenvalue weighted by Crippen LogP contribution is -2.35. The Morgan fingerprint density at radius 1 is 1.36 bits per heavy atom. The van der Waals surface area contributed by atoms with Crippen molar-refractivity contribution in [2.45, 2.75) is 25.6 Å². The number of aliphatic hydroxyl groups is 1. The highest BCUT2D eigenvalue weighted by atomic mass is 16.5. The summed E-state index contributed by atoms with van der Waals surface area (Å²) >= 11 is 0. The van der Waals surface area contributed by atoms with Gasteiger partial charge >= 0.3 is 0 Å². The second-order valence-electron chi connectivity index (χ2n) is 6.70. The lowest BCUT2D eigenvalue weighted by molar-refractivity contribution is -0.125. The lowest BCUT2D eigenvalue weighted by atomic mass is 9.81. The van der Waals surface area contributed by atoms with Crippen LogP contribution in [0.15, 0.2) is 59.5 Å². The zero-order valence-electron chi connectivity index (χ0n) is 16.1. The minimum atomic E-state index is -0.756. The van der Waals surface area contributed by atoms with E-state index >= 15 is 0 Å². The van der Waals surface area contributed by atoms with Crippen LogP contribution in [0.5, 0.6) is 0 Å². The standard InChI is InChI=1S/C22H24N2O4/c1-3-28-14-17(25)13-24-12-16-9-20(26)21(27-2)10-18(16)22(19(24)11-23)15-7-5-4-6-8-15/h4-8,10,12,17,21,25H,3,9,13-14H2,1-2H3. The van der Waals surface area contributed by atoms with E-state index in [0.29, 0.717) is 12.3 Å². The van der Waals surface area contributed by atoms with Crippen molar-refractivity contribution >= 4 is 11.4 Å². The van der Waals surface area contributed by atoms with E-state index in [4.69, 9.17) is 9.47 Å². The Morgan fingerprint density at radius 3 is 2.75 bits per heavy atom. The molecule has 1 aliphatic carbocycles. The minimum Gasteiger partial charge on any atom is -0.389 e. The molecule has 146 valence electrons. The number of β-amino-alcohol motifs (C(OH)–C–C–N with tert-alkyl or cyclic N) is 1. The van der Waals surface area contributed by atoms with Crippen molar-refractivity contribution in [3.05, 3.63) is 65.0 Å². The number of hydrogen-bond acceptors (Lipinski definition) is 6. The van der Waals surface area contributed by atoms with E-state index in [1.54, 1.807) is 17.2 Å². The van der Waals surface area contributed by atoms with Crippen LogP contribution in [0.3, 0.4) is 0 Å². The van der Waals surface area contributed by atoms with Gasteiger partial charge in [-0.1, -0.05) is 30.3 Å². The summed E-state index contributed by atoms with van der Waals surface area (Å²) in [6.07, 6.45) is 2.41. The van der Waals surface area contributed by atoms with Gasteiger partial charge in [0, 0.05) is 31.9 Å². The van der Waals surface area contributed by atoms with E-state index in [1.165, 1.54) is 7.11 Å². The monoisotopic (exact) mass is 380 g/mol. The van der Waals surface area contributed by atoms with Crippen molar-refractivity contribution in [1.29, 1.82) is 5.26 Å². The van der Waals surface area contributed by atoms with Crippen LogP contribution in [0.4, 0.5) is 0 Å². The number of Topliss-reactive ketones (excluding diaryl/α,β-unsaturated/α-hetero) is 1. The first-order valence-corrected chi connectivity index (χ1v) is 9.30. The van der Waals surface area contributed by atoms with Crippen LogP contribution in [-0.4, -0.2) is 54.9 Å². The molecule has 0 bridgehead atoms. The number of methoxy groups -OCH3 is 1. The van der Waals surface area contributed by atoms with Gasteiger partial charge in [0.25, 0.3) is 0 Å². The number of nitriles is 1.